The number of morpholine rings is 1. The van der Waals surface area contributed by atoms with E-state index in [0.717, 1.165) is 41.9 Å². The maximum atomic E-state index is 5.85. The SMILES string of the molecule is CN1C=C(COc2ccc(C[C@@H]3CNCCO3)cc2Br)CO1. The molecule has 5 nitrogen and oxygen atoms in total. The maximum absolute atomic E-state index is 5.85. The predicted octanol–water partition coefficient (Wildman–Crippen LogP) is 2.12. The van der Waals surface area contributed by atoms with Crippen LogP contribution in [0.4, 0.5) is 0 Å². The number of benzene rings is 1. The number of nitrogens with one attached hydrogen (secondary N) is 1. The molecule has 1 aromatic rings. The molecule has 0 aliphatic carbocycles. The molecule has 0 unspecified atom stereocenters. The first-order chi connectivity index (χ1) is 10.7. The van der Waals surface area contributed by atoms with Crippen LogP contribution in [0.25, 0.3) is 0 Å². The Hall–Kier alpha value is -1.08. The zero-order chi connectivity index (χ0) is 15.4. The summed E-state index contributed by atoms with van der Waals surface area (Å²) in [5.41, 5.74) is 2.37. The van der Waals surface area contributed by atoms with Crippen LogP contribution in [0.1, 0.15) is 5.56 Å². The monoisotopic (exact) mass is 368 g/mol. The highest BCUT2D eigenvalue weighted by Crippen LogP contribution is 2.27. The van der Waals surface area contributed by atoms with Gasteiger partial charge in [0.25, 0.3) is 0 Å². The molecular formula is C16H21BrN2O3. The molecule has 0 spiro atoms. The molecule has 0 amide bonds. The Labute approximate surface area is 139 Å². The molecule has 2 aliphatic rings. The van der Waals surface area contributed by atoms with Crippen LogP contribution in [-0.2, 0) is 16.0 Å². The van der Waals surface area contributed by atoms with Crippen LogP contribution in [-0.4, -0.2) is 51.1 Å². The van der Waals surface area contributed by atoms with Crippen LogP contribution in [0, 0.1) is 0 Å². The van der Waals surface area contributed by atoms with Gasteiger partial charge in [0.05, 0.1) is 17.2 Å². The Morgan fingerprint density at radius 1 is 1.45 bits per heavy atom. The smallest absolute Gasteiger partial charge is 0.133 e. The van der Waals surface area contributed by atoms with Crippen molar-refractivity contribution in [1.29, 1.82) is 0 Å². The first-order valence-electron chi connectivity index (χ1n) is 7.49. The largest absolute Gasteiger partial charge is 0.488 e. The van der Waals surface area contributed by atoms with Gasteiger partial charge in [-0.25, -0.2) is 0 Å². The van der Waals surface area contributed by atoms with Gasteiger partial charge in [0, 0.05) is 31.9 Å². The zero-order valence-electron chi connectivity index (χ0n) is 12.7. The molecule has 0 aromatic heterocycles. The fourth-order valence-electron chi connectivity index (χ4n) is 2.57. The van der Waals surface area contributed by atoms with E-state index in [2.05, 4.69) is 33.4 Å². The second kappa shape index (κ2) is 7.46. The van der Waals surface area contributed by atoms with Gasteiger partial charge >= 0.3 is 0 Å². The molecule has 1 fully saturated rings. The maximum Gasteiger partial charge on any atom is 0.133 e. The lowest BCUT2D eigenvalue weighted by Crippen LogP contribution is -2.39. The molecule has 6 heteroatoms. The average Bonchev–Trinajstić information content (AvgIpc) is 2.93. The molecule has 0 saturated carbocycles. The number of hydrogen-bond acceptors (Lipinski definition) is 5. The minimum absolute atomic E-state index is 0.253. The van der Waals surface area contributed by atoms with Crippen molar-refractivity contribution in [2.45, 2.75) is 12.5 Å². The van der Waals surface area contributed by atoms with E-state index in [4.69, 9.17) is 14.3 Å². The first kappa shape index (κ1) is 15.8. The molecule has 2 aliphatic heterocycles. The Kier molecular flexibility index (Phi) is 5.36. The number of ether oxygens (including phenoxy) is 2. The minimum Gasteiger partial charge on any atom is -0.488 e. The molecule has 1 atom stereocenters. The Morgan fingerprint density at radius 3 is 3.05 bits per heavy atom. The Morgan fingerprint density at radius 2 is 2.36 bits per heavy atom. The standard InChI is InChI=1S/C16H21BrN2O3/c1-19-9-13(11-22-19)10-21-16-3-2-12(7-15(16)17)6-14-8-18-4-5-20-14/h2-3,7,9,14,18H,4-6,8,10-11H2,1H3/t14-/m1/s1. The van der Waals surface area contributed by atoms with E-state index in [1.54, 1.807) is 5.06 Å². The molecule has 3 rings (SSSR count). The molecule has 1 saturated heterocycles. The number of hydroxylamine groups is 2. The van der Waals surface area contributed by atoms with Crippen LogP contribution in [0.15, 0.2) is 34.4 Å². The number of rotatable bonds is 5. The summed E-state index contributed by atoms with van der Waals surface area (Å²) in [5, 5.41) is 5.06. The van der Waals surface area contributed by atoms with Crippen molar-refractivity contribution in [3.05, 3.63) is 40.0 Å². The zero-order valence-corrected chi connectivity index (χ0v) is 14.3. The van der Waals surface area contributed by atoms with Crippen LogP contribution in [0.5, 0.6) is 5.75 Å². The van der Waals surface area contributed by atoms with Gasteiger partial charge in [-0.1, -0.05) is 6.07 Å². The first-order valence-corrected chi connectivity index (χ1v) is 8.29. The summed E-state index contributed by atoms with van der Waals surface area (Å²) in [7, 11) is 1.87. The highest BCUT2D eigenvalue weighted by Gasteiger charge is 2.15. The third kappa shape index (κ3) is 4.23. The van der Waals surface area contributed by atoms with Gasteiger partial charge in [0.15, 0.2) is 0 Å². The summed E-state index contributed by atoms with van der Waals surface area (Å²) in [6, 6.07) is 6.22. The number of halogens is 1. The summed E-state index contributed by atoms with van der Waals surface area (Å²) >= 11 is 3.59. The van der Waals surface area contributed by atoms with Gasteiger partial charge in [0.2, 0.25) is 0 Å². The van der Waals surface area contributed by atoms with Gasteiger partial charge in [-0.2, -0.15) is 0 Å². The van der Waals surface area contributed by atoms with Crippen molar-refractivity contribution < 1.29 is 14.3 Å². The lowest BCUT2D eigenvalue weighted by atomic mass is 10.1. The second-order valence-electron chi connectivity index (χ2n) is 5.56. The van der Waals surface area contributed by atoms with E-state index in [-0.39, 0.29) is 6.10 Å². The van der Waals surface area contributed by atoms with E-state index in [9.17, 15) is 0 Å². The van der Waals surface area contributed by atoms with Gasteiger partial charge in [0.1, 0.15) is 19.0 Å². The van der Waals surface area contributed by atoms with Crippen molar-refractivity contribution in [3.63, 3.8) is 0 Å². The molecule has 0 bridgehead atoms. The summed E-state index contributed by atoms with van der Waals surface area (Å²) in [6.07, 6.45) is 3.12. The lowest BCUT2D eigenvalue weighted by molar-refractivity contribution is -0.0688. The van der Waals surface area contributed by atoms with Gasteiger partial charge < -0.3 is 14.8 Å². The molecule has 22 heavy (non-hydrogen) atoms. The Balaban J connectivity index is 1.56. The normalized spacial score (nSPS) is 21.8. The van der Waals surface area contributed by atoms with E-state index in [1.807, 2.05) is 19.3 Å². The summed E-state index contributed by atoms with van der Waals surface area (Å²) in [6.45, 7) is 3.79. The van der Waals surface area contributed by atoms with Crippen LogP contribution in [0.3, 0.4) is 0 Å². The summed E-state index contributed by atoms with van der Waals surface area (Å²) < 4.78 is 12.6. The lowest BCUT2D eigenvalue weighted by Gasteiger charge is -2.23. The van der Waals surface area contributed by atoms with Crippen molar-refractivity contribution in [3.8, 4) is 5.75 Å². The molecule has 120 valence electrons. The van der Waals surface area contributed by atoms with Gasteiger partial charge in [-0.3, -0.25) is 9.90 Å². The van der Waals surface area contributed by atoms with Gasteiger partial charge in [-0.05, 0) is 40.0 Å². The third-order valence-corrected chi connectivity index (χ3v) is 4.31. The quantitative estimate of drug-likeness (QED) is 0.862. The predicted molar refractivity (Wildman–Crippen MR) is 87.7 cm³/mol. The minimum atomic E-state index is 0.253. The highest BCUT2D eigenvalue weighted by atomic mass is 79.9. The van der Waals surface area contributed by atoms with Crippen molar-refractivity contribution >= 4 is 15.9 Å². The van der Waals surface area contributed by atoms with Gasteiger partial charge in [-0.15, -0.1) is 0 Å². The fourth-order valence-corrected chi connectivity index (χ4v) is 3.11. The van der Waals surface area contributed by atoms with Crippen LogP contribution >= 0.6 is 15.9 Å². The summed E-state index contributed by atoms with van der Waals surface area (Å²) in [5.74, 6) is 0.849. The summed E-state index contributed by atoms with van der Waals surface area (Å²) in [4.78, 5) is 5.32. The van der Waals surface area contributed by atoms with Crippen molar-refractivity contribution in [1.82, 2.24) is 10.4 Å². The molecule has 1 N–H and O–H groups in total. The topological polar surface area (TPSA) is 43.0 Å². The molecular weight excluding hydrogens is 348 g/mol. The fraction of sp³-hybridized carbons (Fsp3) is 0.500. The molecule has 2 heterocycles. The van der Waals surface area contributed by atoms with E-state index in [0.29, 0.717) is 13.2 Å². The van der Waals surface area contributed by atoms with Crippen LogP contribution in [0.2, 0.25) is 0 Å². The van der Waals surface area contributed by atoms with E-state index >= 15 is 0 Å². The van der Waals surface area contributed by atoms with Crippen LogP contribution < -0.4 is 10.1 Å². The van der Waals surface area contributed by atoms with E-state index in [1.165, 1.54) is 5.56 Å². The van der Waals surface area contributed by atoms with Crippen molar-refractivity contribution in [2.24, 2.45) is 0 Å². The van der Waals surface area contributed by atoms with Crippen molar-refractivity contribution in [2.75, 3.05) is 40.0 Å². The average molecular weight is 369 g/mol. The molecule has 0 radical (unpaired) electrons. The second-order valence-corrected chi connectivity index (χ2v) is 6.42. The number of nitrogens with zero attached hydrogens (tertiary/aromatic N) is 1. The molecule has 1 aromatic carbocycles. The highest BCUT2D eigenvalue weighted by molar-refractivity contribution is 9.10. The Bertz CT molecular complexity index is 544. The third-order valence-electron chi connectivity index (χ3n) is 3.70. The number of hydrogen-bond donors (Lipinski definition) is 1. The van der Waals surface area contributed by atoms with E-state index < -0.39 is 0 Å².